The molecule has 0 spiro atoms. The number of benzene rings is 2. The van der Waals surface area contributed by atoms with E-state index in [0.29, 0.717) is 11.4 Å². The van der Waals surface area contributed by atoms with Gasteiger partial charge in [0, 0.05) is 17.3 Å². The summed E-state index contributed by atoms with van der Waals surface area (Å²) in [6.07, 6.45) is 0. The fraction of sp³-hybridized carbons (Fsp3) is 0.100. The van der Waals surface area contributed by atoms with E-state index in [9.17, 15) is 14.4 Å². The predicted molar refractivity (Wildman–Crippen MR) is 105 cm³/mol. The number of aromatic nitrogens is 2. The van der Waals surface area contributed by atoms with Crippen molar-refractivity contribution < 1.29 is 9.59 Å². The van der Waals surface area contributed by atoms with Crippen molar-refractivity contribution in [1.29, 1.82) is 0 Å². The Kier molecular flexibility index (Phi) is 6.27. The number of rotatable bonds is 7. The van der Waals surface area contributed by atoms with E-state index in [1.807, 2.05) is 36.4 Å². The van der Waals surface area contributed by atoms with E-state index in [0.717, 1.165) is 10.2 Å². The Morgan fingerprint density at radius 2 is 1.54 bits per heavy atom. The molecule has 0 radical (unpaired) electrons. The molecule has 3 rings (SSSR count). The van der Waals surface area contributed by atoms with E-state index in [1.54, 1.807) is 30.3 Å². The van der Waals surface area contributed by atoms with Crippen LogP contribution in [0.1, 0.15) is 0 Å². The zero-order valence-electron chi connectivity index (χ0n) is 15.0. The van der Waals surface area contributed by atoms with Crippen molar-refractivity contribution >= 4 is 17.5 Å². The van der Waals surface area contributed by atoms with E-state index in [-0.39, 0.29) is 19.0 Å². The number of amides is 2. The predicted octanol–water partition coefficient (Wildman–Crippen LogP) is 1.17. The summed E-state index contributed by atoms with van der Waals surface area (Å²) in [5.74, 6) is -0.805. The number of hydrogen-bond donors (Lipinski definition) is 3. The molecule has 2 amide bonds. The Hall–Kier alpha value is -3.78. The highest BCUT2D eigenvalue weighted by atomic mass is 16.2. The van der Waals surface area contributed by atoms with Crippen molar-refractivity contribution in [2.24, 2.45) is 0 Å². The first-order valence-electron chi connectivity index (χ1n) is 8.62. The number of hydrogen-bond acceptors (Lipinski definition) is 5. The lowest BCUT2D eigenvalue weighted by Crippen LogP contribution is -2.44. The van der Waals surface area contributed by atoms with E-state index < -0.39 is 11.5 Å². The van der Waals surface area contributed by atoms with Gasteiger partial charge in [-0.1, -0.05) is 48.5 Å². The minimum Gasteiger partial charge on any atom is -0.325 e. The van der Waals surface area contributed by atoms with Crippen LogP contribution in [0.3, 0.4) is 0 Å². The van der Waals surface area contributed by atoms with Crippen molar-refractivity contribution in [3.63, 3.8) is 0 Å². The maximum Gasteiger partial charge on any atom is 0.267 e. The van der Waals surface area contributed by atoms with Crippen LogP contribution in [0.15, 0.2) is 77.6 Å². The Morgan fingerprint density at radius 1 is 0.857 bits per heavy atom. The molecule has 1 aromatic heterocycles. The number of nitrogens with one attached hydrogen (secondary N) is 3. The second-order valence-electron chi connectivity index (χ2n) is 5.90. The molecule has 0 atom stereocenters. The summed E-state index contributed by atoms with van der Waals surface area (Å²) in [5.41, 5.74) is 6.62. The lowest BCUT2D eigenvalue weighted by molar-refractivity contribution is -0.123. The van der Waals surface area contributed by atoms with Crippen LogP contribution in [0, 0.1) is 0 Å². The molecule has 8 heteroatoms. The smallest absolute Gasteiger partial charge is 0.267 e. The molecule has 0 saturated heterocycles. The lowest BCUT2D eigenvalue weighted by atomic mass is 10.1. The number of nitrogens with zero attached hydrogens (tertiary/aromatic N) is 2. The molecule has 8 nitrogen and oxygen atoms in total. The third-order valence-corrected chi connectivity index (χ3v) is 3.76. The number of hydrazine groups is 1. The first-order chi connectivity index (χ1) is 13.6. The molecule has 0 unspecified atom stereocenters. The highest BCUT2D eigenvalue weighted by Gasteiger charge is 2.08. The van der Waals surface area contributed by atoms with Gasteiger partial charge in [0.2, 0.25) is 5.91 Å². The minimum absolute atomic E-state index is 0.118. The van der Waals surface area contributed by atoms with E-state index >= 15 is 0 Å². The number of para-hydroxylation sites is 1. The third kappa shape index (κ3) is 5.36. The van der Waals surface area contributed by atoms with Gasteiger partial charge in [0.15, 0.2) is 0 Å². The van der Waals surface area contributed by atoms with Gasteiger partial charge in [0.1, 0.15) is 6.54 Å². The fourth-order valence-electron chi connectivity index (χ4n) is 2.45. The molecule has 1 heterocycles. The van der Waals surface area contributed by atoms with Gasteiger partial charge in [0.25, 0.3) is 11.5 Å². The van der Waals surface area contributed by atoms with E-state index in [1.165, 1.54) is 6.07 Å². The highest BCUT2D eigenvalue weighted by molar-refractivity contribution is 5.92. The molecular weight excluding hydrogens is 358 g/mol. The third-order valence-electron chi connectivity index (χ3n) is 3.76. The summed E-state index contributed by atoms with van der Waals surface area (Å²) >= 11 is 0. The normalized spacial score (nSPS) is 10.3. The summed E-state index contributed by atoms with van der Waals surface area (Å²) in [5, 5.41) is 6.90. The zero-order valence-corrected chi connectivity index (χ0v) is 15.0. The van der Waals surface area contributed by atoms with Crippen LogP contribution >= 0.6 is 0 Å². The maximum absolute atomic E-state index is 12.0. The molecule has 142 valence electrons. The second kappa shape index (κ2) is 9.24. The molecule has 0 aliphatic heterocycles. The minimum atomic E-state index is -0.493. The zero-order chi connectivity index (χ0) is 19.8. The molecule has 3 N–H and O–H groups in total. The second-order valence-corrected chi connectivity index (χ2v) is 5.90. The summed E-state index contributed by atoms with van der Waals surface area (Å²) in [4.78, 5) is 35.8. The first kappa shape index (κ1) is 19.0. The Labute approximate surface area is 161 Å². The average Bonchev–Trinajstić information content (AvgIpc) is 2.71. The maximum atomic E-state index is 12.0. The largest absolute Gasteiger partial charge is 0.325 e. The molecular formula is C20H19N5O3. The van der Waals surface area contributed by atoms with Gasteiger partial charge in [-0.05, 0) is 18.2 Å². The van der Waals surface area contributed by atoms with Crippen LogP contribution in [0.5, 0.6) is 0 Å². The van der Waals surface area contributed by atoms with Gasteiger partial charge in [-0.25, -0.2) is 10.1 Å². The number of anilines is 1. The molecule has 3 aromatic rings. The van der Waals surface area contributed by atoms with Crippen LogP contribution in [0.2, 0.25) is 0 Å². The van der Waals surface area contributed by atoms with Gasteiger partial charge in [-0.2, -0.15) is 5.10 Å². The monoisotopic (exact) mass is 377 g/mol. The lowest BCUT2D eigenvalue weighted by Gasteiger charge is -2.10. The SMILES string of the molecule is O=C(Cn1nc(-c2ccccc2)ccc1=O)NNCC(=O)Nc1ccccc1. The van der Waals surface area contributed by atoms with Crippen LogP contribution in [0.4, 0.5) is 5.69 Å². The standard InChI is InChI=1S/C20H19N5O3/c26-18(22-16-9-5-2-6-10-16)13-21-23-19(27)14-25-20(28)12-11-17(24-25)15-7-3-1-4-8-15/h1-12,21H,13-14H2,(H,22,26)(H,23,27). The summed E-state index contributed by atoms with van der Waals surface area (Å²) in [6, 6.07) is 21.3. The van der Waals surface area contributed by atoms with Crippen LogP contribution in [-0.4, -0.2) is 28.1 Å². The van der Waals surface area contributed by atoms with Crippen molar-refractivity contribution in [1.82, 2.24) is 20.6 Å². The van der Waals surface area contributed by atoms with Crippen molar-refractivity contribution in [2.75, 3.05) is 11.9 Å². The highest BCUT2D eigenvalue weighted by Crippen LogP contribution is 2.13. The van der Waals surface area contributed by atoms with E-state index in [2.05, 4.69) is 21.3 Å². The van der Waals surface area contributed by atoms with Crippen molar-refractivity contribution in [3.8, 4) is 11.3 Å². The molecule has 0 fully saturated rings. The molecule has 2 aromatic carbocycles. The topological polar surface area (TPSA) is 105 Å². The Bertz CT molecular complexity index is 1000. The van der Waals surface area contributed by atoms with Crippen LogP contribution < -0.4 is 21.7 Å². The van der Waals surface area contributed by atoms with Gasteiger partial charge in [-0.15, -0.1) is 0 Å². The molecule has 0 aliphatic rings. The fourth-order valence-corrected chi connectivity index (χ4v) is 2.45. The Morgan fingerprint density at radius 3 is 2.25 bits per heavy atom. The first-order valence-corrected chi connectivity index (χ1v) is 8.62. The van der Waals surface area contributed by atoms with Crippen LogP contribution in [0.25, 0.3) is 11.3 Å². The molecule has 0 aliphatic carbocycles. The number of carbonyl (C=O) groups is 2. The van der Waals surface area contributed by atoms with Gasteiger partial charge < -0.3 is 5.32 Å². The van der Waals surface area contributed by atoms with Gasteiger partial charge in [-0.3, -0.25) is 19.8 Å². The van der Waals surface area contributed by atoms with Gasteiger partial charge >= 0.3 is 0 Å². The number of carbonyl (C=O) groups excluding carboxylic acids is 2. The van der Waals surface area contributed by atoms with Crippen LogP contribution in [-0.2, 0) is 16.1 Å². The van der Waals surface area contributed by atoms with E-state index in [4.69, 9.17) is 0 Å². The van der Waals surface area contributed by atoms with Crippen molar-refractivity contribution in [3.05, 3.63) is 83.2 Å². The molecule has 28 heavy (non-hydrogen) atoms. The summed E-state index contributed by atoms with van der Waals surface area (Å²) in [6.45, 7) is -0.389. The average molecular weight is 377 g/mol. The van der Waals surface area contributed by atoms with Crippen molar-refractivity contribution in [2.45, 2.75) is 6.54 Å². The van der Waals surface area contributed by atoms with Gasteiger partial charge in [0.05, 0.1) is 12.2 Å². The quantitative estimate of drug-likeness (QED) is 0.536. The summed E-state index contributed by atoms with van der Waals surface area (Å²) in [7, 11) is 0. The molecule has 0 saturated carbocycles. The molecule has 0 bridgehead atoms. The summed E-state index contributed by atoms with van der Waals surface area (Å²) < 4.78 is 1.07. The Balaban J connectivity index is 1.52.